The number of anilines is 2. The van der Waals surface area contributed by atoms with E-state index < -0.39 is 0 Å². The van der Waals surface area contributed by atoms with Gasteiger partial charge in [0.05, 0.1) is 11.4 Å². The molecule has 162 valence electrons. The summed E-state index contributed by atoms with van der Waals surface area (Å²) in [7, 11) is 0. The monoisotopic (exact) mass is 439 g/mol. The van der Waals surface area contributed by atoms with Crippen molar-refractivity contribution < 1.29 is 9.18 Å². The summed E-state index contributed by atoms with van der Waals surface area (Å²) in [5, 5.41) is 7.23. The summed E-state index contributed by atoms with van der Waals surface area (Å²) in [5.41, 5.74) is 10.5. The zero-order chi connectivity index (χ0) is 21.5. The van der Waals surface area contributed by atoms with Gasteiger partial charge in [0, 0.05) is 43.3 Å². The molecule has 8 heteroatoms. The first kappa shape index (κ1) is 20.2. The highest BCUT2D eigenvalue weighted by Crippen LogP contribution is 2.33. The number of nitrogens with zero attached hydrogens (tertiary/aromatic N) is 2. The van der Waals surface area contributed by atoms with Crippen LogP contribution in [0.5, 0.6) is 0 Å². The van der Waals surface area contributed by atoms with E-state index in [0.717, 1.165) is 60.5 Å². The number of piperazine rings is 1. The molecule has 5 rings (SSSR count). The number of carbonyl (C=O) groups is 1. The summed E-state index contributed by atoms with van der Waals surface area (Å²) in [4.78, 5) is 20.8. The Morgan fingerprint density at radius 2 is 2.10 bits per heavy atom. The van der Waals surface area contributed by atoms with Crippen molar-refractivity contribution in [2.75, 3.05) is 36.8 Å². The van der Waals surface area contributed by atoms with Gasteiger partial charge in [0.1, 0.15) is 15.5 Å². The van der Waals surface area contributed by atoms with Gasteiger partial charge in [-0.3, -0.25) is 4.79 Å². The standard InChI is InChI=1S/C23H26FN5OS/c1-13-2-5-17-20(25)21(31-23(17)27-13)22(30)28-16-4-3-14-12-19(18(24)11-15(14)10-16)29-8-6-26-7-9-29/h2,5,11-12,16,26H,3-4,6-10,25H2,1H3,(H,28,30). The zero-order valence-electron chi connectivity index (χ0n) is 17.5. The summed E-state index contributed by atoms with van der Waals surface area (Å²) in [6.45, 7) is 5.31. The minimum Gasteiger partial charge on any atom is -0.397 e. The van der Waals surface area contributed by atoms with Crippen LogP contribution >= 0.6 is 11.3 Å². The average molecular weight is 440 g/mol. The second-order valence-electron chi connectivity index (χ2n) is 8.37. The normalized spacial score (nSPS) is 18.8. The van der Waals surface area contributed by atoms with Crippen molar-refractivity contribution in [2.24, 2.45) is 0 Å². The van der Waals surface area contributed by atoms with Gasteiger partial charge in [-0.25, -0.2) is 9.37 Å². The number of rotatable bonds is 3. The van der Waals surface area contributed by atoms with E-state index in [2.05, 4.69) is 20.5 Å². The maximum atomic E-state index is 14.8. The molecule has 0 bridgehead atoms. The molecule has 2 aliphatic rings. The molecule has 1 saturated heterocycles. The molecule has 0 radical (unpaired) electrons. The molecule has 4 N–H and O–H groups in total. The lowest BCUT2D eigenvalue weighted by atomic mass is 9.87. The van der Waals surface area contributed by atoms with E-state index in [-0.39, 0.29) is 17.8 Å². The number of hydrogen-bond donors (Lipinski definition) is 3. The Morgan fingerprint density at radius 3 is 2.90 bits per heavy atom. The summed E-state index contributed by atoms with van der Waals surface area (Å²) < 4.78 is 14.8. The maximum absolute atomic E-state index is 14.8. The summed E-state index contributed by atoms with van der Waals surface area (Å²) in [6.07, 6.45) is 2.28. The third kappa shape index (κ3) is 3.85. The van der Waals surface area contributed by atoms with Crippen molar-refractivity contribution in [3.8, 4) is 0 Å². The highest BCUT2D eigenvalue weighted by atomic mass is 32.1. The third-order valence-corrected chi connectivity index (χ3v) is 7.34. The molecule has 1 amide bonds. The number of hydrogen-bond acceptors (Lipinski definition) is 6. The average Bonchev–Trinajstić information content (AvgIpc) is 3.09. The minimum atomic E-state index is -0.178. The van der Waals surface area contributed by atoms with Gasteiger partial charge in [0.15, 0.2) is 0 Å². The van der Waals surface area contributed by atoms with Gasteiger partial charge in [-0.05, 0) is 61.6 Å². The number of benzene rings is 1. The largest absolute Gasteiger partial charge is 0.397 e. The van der Waals surface area contributed by atoms with Crippen LogP contribution in [-0.2, 0) is 12.8 Å². The second kappa shape index (κ2) is 8.09. The van der Waals surface area contributed by atoms with Gasteiger partial charge < -0.3 is 21.3 Å². The number of thiophene rings is 1. The lowest BCUT2D eigenvalue weighted by Gasteiger charge is -2.32. The summed E-state index contributed by atoms with van der Waals surface area (Å²) in [5.74, 6) is -0.354. The molecule has 1 aliphatic heterocycles. The van der Waals surface area contributed by atoms with Gasteiger partial charge in [-0.2, -0.15) is 0 Å². The maximum Gasteiger partial charge on any atom is 0.263 e. The Hall–Kier alpha value is -2.71. The van der Waals surface area contributed by atoms with Crippen molar-refractivity contribution >= 4 is 38.8 Å². The van der Waals surface area contributed by atoms with Gasteiger partial charge in [-0.1, -0.05) is 0 Å². The van der Waals surface area contributed by atoms with Crippen molar-refractivity contribution in [1.29, 1.82) is 0 Å². The fourth-order valence-corrected chi connectivity index (χ4v) is 5.59. The van der Waals surface area contributed by atoms with Gasteiger partial charge in [0.2, 0.25) is 0 Å². The number of carbonyl (C=O) groups excluding carboxylic acids is 1. The van der Waals surface area contributed by atoms with Crippen LogP contribution < -0.4 is 21.3 Å². The number of pyridine rings is 1. The topological polar surface area (TPSA) is 83.3 Å². The van der Waals surface area contributed by atoms with E-state index in [1.54, 1.807) is 6.07 Å². The molecule has 1 aliphatic carbocycles. The lowest BCUT2D eigenvalue weighted by molar-refractivity contribution is 0.0938. The molecule has 31 heavy (non-hydrogen) atoms. The number of nitrogen functional groups attached to an aromatic ring is 1. The van der Waals surface area contributed by atoms with Crippen LogP contribution in [0.15, 0.2) is 24.3 Å². The third-order valence-electron chi connectivity index (χ3n) is 6.23. The van der Waals surface area contributed by atoms with Gasteiger partial charge >= 0.3 is 0 Å². The van der Waals surface area contributed by atoms with E-state index in [1.165, 1.54) is 16.9 Å². The fourth-order valence-electron chi connectivity index (χ4n) is 4.55. The van der Waals surface area contributed by atoms with E-state index in [4.69, 9.17) is 5.73 Å². The second-order valence-corrected chi connectivity index (χ2v) is 9.37. The predicted molar refractivity (Wildman–Crippen MR) is 124 cm³/mol. The first-order valence-electron chi connectivity index (χ1n) is 10.7. The molecule has 0 saturated carbocycles. The molecular formula is C23H26FN5OS. The lowest BCUT2D eigenvalue weighted by Crippen LogP contribution is -2.44. The van der Waals surface area contributed by atoms with Crippen molar-refractivity contribution in [1.82, 2.24) is 15.6 Å². The van der Waals surface area contributed by atoms with Gasteiger partial charge in [0.25, 0.3) is 5.91 Å². The van der Waals surface area contributed by atoms with E-state index >= 15 is 0 Å². The Kier molecular flexibility index (Phi) is 5.27. The van der Waals surface area contributed by atoms with Crippen molar-refractivity contribution in [2.45, 2.75) is 32.2 Å². The first-order valence-corrected chi connectivity index (χ1v) is 11.5. The Labute approximate surface area is 184 Å². The van der Waals surface area contributed by atoms with Crippen LogP contribution in [0.1, 0.15) is 32.9 Å². The molecule has 1 unspecified atom stereocenters. The smallest absolute Gasteiger partial charge is 0.263 e. The van der Waals surface area contributed by atoms with Gasteiger partial charge in [-0.15, -0.1) is 11.3 Å². The van der Waals surface area contributed by atoms with Crippen LogP contribution in [-0.4, -0.2) is 43.1 Å². The van der Waals surface area contributed by atoms with Crippen molar-refractivity contribution in [3.63, 3.8) is 0 Å². The molecule has 1 aromatic carbocycles. The molecule has 2 aromatic heterocycles. The molecule has 6 nitrogen and oxygen atoms in total. The van der Waals surface area contributed by atoms with Crippen LogP contribution in [0.2, 0.25) is 0 Å². The van der Waals surface area contributed by atoms with Crippen molar-refractivity contribution in [3.05, 3.63) is 51.8 Å². The number of nitrogens with one attached hydrogen (secondary N) is 2. The number of nitrogens with two attached hydrogens (primary N) is 1. The number of halogens is 1. The Balaban J connectivity index is 1.32. The molecule has 1 fully saturated rings. The number of fused-ring (bicyclic) bond motifs is 2. The highest BCUT2D eigenvalue weighted by Gasteiger charge is 2.26. The van der Waals surface area contributed by atoms with Crippen LogP contribution in [0.4, 0.5) is 15.8 Å². The molecule has 3 heterocycles. The Bertz CT molecular complexity index is 1150. The molecule has 1 atom stereocenters. The fraction of sp³-hybridized carbons (Fsp3) is 0.391. The number of amides is 1. The predicted octanol–water partition coefficient (Wildman–Crippen LogP) is 3.02. The highest BCUT2D eigenvalue weighted by molar-refractivity contribution is 7.21. The Morgan fingerprint density at radius 1 is 1.29 bits per heavy atom. The molecule has 3 aromatic rings. The zero-order valence-corrected chi connectivity index (χ0v) is 18.3. The number of aromatic nitrogens is 1. The van der Waals surface area contributed by atoms with Crippen LogP contribution in [0.25, 0.3) is 10.2 Å². The summed E-state index contributed by atoms with van der Waals surface area (Å²) in [6, 6.07) is 7.44. The summed E-state index contributed by atoms with van der Waals surface area (Å²) >= 11 is 1.32. The molecule has 0 spiro atoms. The molecular weight excluding hydrogens is 413 g/mol. The van der Waals surface area contributed by atoms with Crippen LogP contribution in [0, 0.1) is 12.7 Å². The van der Waals surface area contributed by atoms with E-state index in [1.807, 2.05) is 25.1 Å². The number of aryl methyl sites for hydroxylation is 2. The minimum absolute atomic E-state index is 0.0382. The van der Waals surface area contributed by atoms with Crippen LogP contribution in [0.3, 0.4) is 0 Å². The van der Waals surface area contributed by atoms with E-state index in [9.17, 15) is 9.18 Å². The quantitative estimate of drug-likeness (QED) is 0.584. The SMILES string of the molecule is Cc1ccc2c(N)c(C(=O)NC3CCc4cc(N5CCNCC5)c(F)cc4C3)sc2n1. The first-order chi connectivity index (χ1) is 15.0. The van der Waals surface area contributed by atoms with E-state index in [0.29, 0.717) is 22.7 Å².